The highest BCUT2D eigenvalue weighted by molar-refractivity contribution is 5.12. The fourth-order valence-corrected chi connectivity index (χ4v) is 0.982. The van der Waals surface area contributed by atoms with Gasteiger partial charge in [-0.25, -0.2) is 0 Å². The molecule has 0 aliphatic carbocycles. The summed E-state index contributed by atoms with van der Waals surface area (Å²) in [4.78, 5) is 0. The van der Waals surface area contributed by atoms with Crippen molar-refractivity contribution in [1.82, 2.24) is 0 Å². The minimum atomic E-state index is 0. The molecule has 2 N–H and O–H groups in total. The van der Waals surface area contributed by atoms with Crippen LogP contribution in [0.1, 0.15) is 5.56 Å². The van der Waals surface area contributed by atoms with E-state index in [2.05, 4.69) is 36.2 Å². The Morgan fingerprint density at radius 1 is 1.07 bits per heavy atom. The average Bonchev–Trinajstić information content (AvgIpc) is 2.07. The van der Waals surface area contributed by atoms with Gasteiger partial charge in [-0.1, -0.05) is 36.9 Å². The number of benzene rings is 1. The fraction of sp³-hybridized carbons (Fsp3) is 0.200. The van der Waals surface area contributed by atoms with Crippen molar-refractivity contribution in [3.05, 3.63) is 48.6 Å². The fourth-order valence-electron chi connectivity index (χ4n) is 0.982. The summed E-state index contributed by atoms with van der Waals surface area (Å²) >= 11 is 0. The van der Waals surface area contributed by atoms with Crippen LogP contribution in [0.4, 0.5) is 0 Å². The van der Waals surface area contributed by atoms with Crippen molar-refractivity contribution in [1.29, 1.82) is 0 Å². The standard InChI is InChI=1S/C10H13N.3ClH/c1-2-8-11-9-10-6-4-3-5-7-10;;;/h2-7,11H,1,8-9H2;3*1H/p-2. The Bertz CT molecular complexity index is 214. The van der Waals surface area contributed by atoms with Crippen LogP contribution in [0.2, 0.25) is 0 Å². The summed E-state index contributed by atoms with van der Waals surface area (Å²) in [7, 11) is 0. The molecule has 0 spiro atoms. The zero-order valence-corrected chi connectivity index (χ0v) is 10.1. The Hall–Kier alpha value is -0.210. The summed E-state index contributed by atoms with van der Waals surface area (Å²) in [6.45, 7) is 5.70. The van der Waals surface area contributed by atoms with E-state index in [0.29, 0.717) is 0 Å². The Morgan fingerprint density at radius 2 is 1.64 bits per heavy atom. The van der Waals surface area contributed by atoms with Crippen LogP contribution in [-0.2, 0) is 6.54 Å². The predicted octanol–water partition coefficient (Wildman–Crippen LogP) is -8.05. The minimum absolute atomic E-state index is 0. The summed E-state index contributed by atoms with van der Waals surface area (Å²) < 4.78 is 0. The van der Waals surface area contributed by atoms with Gasteiger partial charge < -0.3 is 42.5 Å². The summed E-state index contributed by atoms with van der Waals surface area (Å²) in [6, 6.07) is 10.4. The quantitative estimate of drug-likeness (QED) is 0.406. The monoisotopic (exact) mass is 253 g/mol. The maximum atomic E-state index is 3.66. The normalized spacial score (nSPS) is 7.43. The van der Waals surface area contributed by atoms with Crippen LogP contribution in [0.15, 0.2) is 43.0 Å². The maximum Gasteiger partial charge on any atom is 0.101 e. The first-order valence-corrected chi connectivity index (χ1v) is 3.90. The molecule has 1 nitrogen and oxygen atoms in total. The molecule has 0 aliphatic heterocycles. The van der Waals surface area contributed by atoms with Gasteiger partial charge in [0.15, 0.2) is 0 Å². The molecular formula is C10H14Cl3N-2. The van der Waals surface area contributed by atoms with Gasteiger partial charge in [0.1, 0.15) is 6.54 Å². The van der Waals surface area contributed by atoms with E-state index < -0.39 is 0 Å². The van der Waals surface area contributed by atoms with E-state index in [1.165, 1.54) is 5.56 Å². The number of quaternary nitrogens is 1. The first-order chi connectivity index (χ1) is 5.43. The zero-order chi connectivity index (χ0) is 7.94. The molecule has 82 valence electrons. The summed E-state index contributed by atoms with van der Waals surface area (Å²) in [5, 5.41) is 2.22. The van der Waals surface area contributed by atoms with Crippen molar-refractivity contribution >= 4 is 0 Å². The SMILES string of the molecule is C=CC[NH2+]Cc1ccccc1.[Cl-].[Cl-].[Cl-]. The molecule has 0 atom stereocenters. The van der Waals surface area contributed by atoms with E-state index in [-0.39, 0.29) is 37.2 Å². The van der Waals surface area contributed by atoms with Gasteiger partial charge in [-0.05, 0) is 6.08 Å². The molecule has 0 saturated heterocycles. The lowest BCUT2D eigenvalue weighted by Crippen LogP contribution is -3.00. The van der Waals surface area contributed by atoms with Gasteiger partial charge in [0, 0.05) is 5.56 Å². The van der Waals surface area contributed by atoms with Gasteiger partial charge in [-0.2, -0.15) is 0 Å². The van der Waals surface area contributed by atoms with Crippen molar-refractivity contribution in [2.75, 3.05) is 6.54 Å². The third kappa shape index (κ3) is 8.39. The zero-order valence-electron chi connectivity index (χ0n) is 7.80. The molecule has 0 aliphatic rings. The van der Waals surface area contributed by atoms with Crippen LogP contribution in [0, 0.1) is 0 Å². The second-order valence-corrected chi connectivity index (χ2v) is 2.50. The van der Waals surface area contributed by atoms with Crippen LogP contribution >= 0.6 is 0 Å². The molecule has 0 bridgehead atoms. The predicted molar refractivity (Wildman–Crippen MR) is 47.1 cm³/mol. The van der Waals surface area contributed by atoms with Crippen LogP contribution in [-0.4, -0.2) is 6.54 Å². The lowest BCUT2D eigenvalue weighted by atomic mass is 10.2. The third-order valence-corrected chi connectivity index (χ3v) is 1.56. The van der Waals surface area contributed by atoms with E-state index in [1.54, 1.807) is 0 Å². The van der Waals surface area contributed by atoms with Crippen molar-refractivity contribution < 1.29 is 42.5 Å². The molecule has 0 aromatic heterocycles. The molecule has 0 heterocycles. The van der Waals surface area contributed by atoms with E-state index >= 15 is 0 Å². The van der Waals surface area contributed by atoms with E-state index in [4.69, 9.17) is 0 Å². The van der Waals surface area contributed by atoms with Gasteiger partial charge in [-0.15, -0.1) is 0 Å². The molecule has 0 unspecified atom stereocenters. The minimum Gasteiger partial charge on any atom is -1.00 e. The molecule has 1 aromatic rings. The molecule has 4 heteroatoms. The molecule has 1 rings (SSSR count). The average molecular weight is 255 g/mol. The Balaban J connectivity index is -0.000000403. The largest absolute Gasteiger partial charge is 1.00 e. The topological polar surface area (TPSA) is 16.6 Å². The van der Waals surface area contributed by atoms with Gasteiger partial charge in [0.05, 0.1) is 6.54 Å². The van der Waals surface area contributed by atoms with E-state index in [9.17, 15) is 0 Å². The van der Waals surface area contributed by atoms with Crippen LogP contribution in [0.5, 0.6) is 0 Å². The van der Waals surface area contributed by atoms with Crippen molar-refractivity contribution in [3.8, 4) is 0 Å². The second-order valence-electron chi connectivity index (χ2n) is 2.50. The Labute approximate surface area is 104 Å². The molecule has 14 heavy (non-hydrogen) atoms. The first kappa shape index (κ1) is 19.4. The number of hydrogen-bond acceptors (Lipinski definition) is 0. The smallest absolute Gasteiger partial charge is 0.101 e. The summed E-state index contributed by atoms with van der Waals surface area (Å²) in [5.41, 5.74) is 1.37. The van der Waals surface area contributed by atoms with Gasteiger partial charge >= 0.3 is 0 Å². The van der Waals surface area contributed by atoms with Crippen LogP contribution in [0.3, 0.4) is 0 Å². The summed E-state index contributed by atoms with van der Waals surface area (Å²) in [6.07, 6.45) is 1.92. The first-order valence-electron chi connectivity index (χ1n) is 3.90. The molecule has 0 saturated carbocycles. The summed E-state index contributed by atoms with van der Waals surface area (Å²) in [5.74, 6) is 0. The molecule has 0 amide bonds. The van der Waals surface area contributed by atoms with Crippen LogP contribution in [0.25, 0.3) is 0 Å². The second kappa shape index (κ2) is 12.8. The molecule has 0 fully saturated rings. The number of rotatable bonds is 4. The van der Waals surface area contributed by atoms with Gasteiger partial charge in [0.2, 0.25) is 0 Å². The highest BCUT2D eigenvalue weighted by Gasteiger charge is 1.89. The van der Waals surface area contributed by atoms with Gasteiger partial charge in [-0.3, -0.25) is 0 Å². The lowest BCUT2D eigenvalue weighted by Gasteiger charge is -1.97. The number of halogens is 3. The Kier molecular flexibility index (Phi) is 17.7. The number of nitrogens with two attached hydrogens (primary N) is 1. The third-order valence-electron chi connectivity index (χ3n) is 1.56. The van der Waals surface area contributed by atoms with E-state index in [0.717, 1.165) is 13.1 Å². The molecule has 1 aromatic carbocycles. The highest BCUT2D eigenvalue weighted by atomic mass is 35.5. The number of hydrogen-bond donors (Lipinski definition) is 1. The van der Waals surface area contributed by atoms with E-state index in [1.807, 2.05) is 12.1 Å². The van der Waals surface area contributed by atoms with Crippen molar-refractivity contribution in [3.63, 3.8) is 0 Å². The Morgan fingerprint density at radius 3 is 2.14 bits per heavy atom. The van der Waals surface area contributed by atoms with Crippen molar-refractivity contribution in [2.24, 2.45) is 0 Å². The molecular weight excluding hydrogens is 240 g/mol. The van der Waals surface area contributed by atoms with Crippen molar-refractivity contribution in [2.45, 2.75) is 6.54 Å². The lowest BCUT2D eigenvalue weighted by molar-refractivity contribution is -0.662. The highest BCUT2D eigenvalue weighted by Crippen LogP contribution is 1.93. The molecule has 0 radical (unpaired) electrons. The van der Waals surface area contributed by atoms with Crippen LogP contribution < -0.4 is 42.5 Å². The maximum absolute atomic E-state index is 3.66. The van der Waals surface area contributed by atoms with Gasteiger partial charge in [0.25, 0.3) is 0 Å².